The van der Waals surface area contributed by atoms with Gasteiger partial charge in [-0.3, -0.25) is 9.59 Å². The average Bonchev–Trinajstić information content (AvgIpc) is 2.65. The second-order valence-electron chi connectivity index (χ2n) is 7.52. The zero-order valence-corrected chi connectivity index (χ0v) is 19.7. The van der Waals surface area contributed by atoms with E-state index in [-0.39, 0.29) is 10.8 Å². The Hall–Kier alpha value is -2.91. The van der Waals surface area contributed by atoms with Gasteiger partial charge >= 0.3 is 0 Å². The number of hydrogen-bond acceptors (Lipinski definition) is 5. The topological polar surface area (TPSA) is 114 Å². The maximum absolute atomic E-state index is 13.0. The van der Waals surface area contributed by atoms with Crippen LogP contribution in [0.25, 0.3) is 0 Å². The van der Waals surface area contributed by atoms with E-state index in [2.05, 4.69) is 15.4 Å². The van der Waals surface area contributed by atoms with Gasteiger partial charge in [-0.15, -0.1) is 0 Å². The second-order valence-corrected chi connectivity index (χ2v) is 9.17. The molecule has 0 aliphatic carbocycles. The maximum atomic E-state index is 13.0. The van der Waals surface area contributed by atoms with Gasteiger partial charge in [-0.2, -0.15) is 4.72 Å². The summed E-state index contributed by atoms with van der Waals surface area (Å²) in [6.45, 7) is 10.0. The summed E-state index contributed by atoms with van der Waals surface area (Å²) in [5.74, 6) is -0.396. The molecule has 0 spiro atoms. The minimum atomic E-state index is -3.93. The van der Waals surface area contributed by atoms with Gasteiger partial charge in [-0.25, -0.2) is 8.42 Å². The van der Waals surface area contributed by atoms with Crippen LogP contribution in [0.3, 0.4) is 0 Å². The minimum Gasteiger partial charge on any atom is -0.495 e. The molecule has 2 aromatic carbocycles. The van der Waals surface area contributed by atoms with Gasteiger partial charge in [0.1, 0.15) is 5.75 Å². The molecule has 2 rings (SSSR count). The molecule has 168 valence electrons. The fraction of sp³-hybridized carbons (Fsp3) is 0.364. The van der Waals surface area contributed by atoms with Gasteiger partial charge in [0.15, 0.2) is 0 Å². The summed E-state index contributed by atoms with van der Waals surface area (Å²) in [7, 11) is -2.46. The van der Waals surface area contributed by atoms with Crippen molar-refractivity contribution in [1.82, 2.24) is 4.72 Å². The van der Waals surface area contributed by atoms with Crippen LogP contribution in [0.2, 0.25) is 0 Å². The van der Waals surface area contributed by atoms with Crippen LogP contribution < -0.4 is 20.1 Å². The highest BCUT2D eigenvalue weighted by atomic mass is 32.2. The summed E-state index contributed by atoms with van der Waals surface area (Å²) in [6.07, 6.45) is 0. The van der Waals surface area contributed by atoms with Crippen LogP contribution in [0.4, 0.5) is 11.4 Å². The lowest BCUT2D eigenvalue weighted by Crippen LogP contribution is -2.42. The normalized spacial score (nSPS) is 12.2. The summed E-state index contributed by atoms with van der Waals surface area (Å²) in [5, 5.41) is 5.28. The Labute approximate surface area is 183 Å². The number of ether oxygens (including phenoxy) is 1. The Morgan fingerprint density at radius 1 is 0.968 bits per heavy atom. The molecule has 9 heteroatoms. The molecule has 0 unspecified atom stereocenters. The first-order chi connectivity index (χ1) is 14.4. The quantitative estimate of drug-likeness (QED) is 0.603. The number of aryl methyl sites for hydroxylation is 2. The number of carbonyl (C=O) groups excluding carboxylic acids is 2. The van der Waals surface area contributed by atoms with Crippen molar-refractivity contribution in [2.75, 3.05) is 17.7 Å². The van der Waals surface area contributed by atoms with Crippen molar-refractivity contribution < 1.29 is 22.7 Å². The van der Waals surface area contributed by atoms with E-state index in [1.807, 2.05) is 19.9 Å². The highest BCUT2D eigenvalue weighted by Crippen LogP contribution is 2.28. The van der Waals surface area contributed by atoms with E-state index in [9.17, 15) is 18.0 Å². The van der Waals surface area contributed by atoms with Crippen LogP contribution >= 0.6 is 0 Å². The Morgan fingerprint density at radius 2 is 1.55 bits per heavy atom. The number of nitrogens with one attached hydrogen (secondary N) is 3. The number of anilines is 2. The standard InChI is InChI=1S/C22H29N3O5S/c1-12-10-13(2)15(4)21(14(12)3)31(28,29)25-16(5)22(27)24-18-8-9-20(30-7)19(11-18)23-17(6)26/h8-11,16,25H,1-7H3,(H,23,26)(H,24,27)/t16-/m0/s1. The molecule has 0 heterocycles. The number of methoxy groups -OCH3 is 1. The van der Waals surface area contributed by atoms with Gasteiger partial charge in [-0.05, 0) is 75.1 Å². The molecule has 31 heavy (non-hydrogen) atoms. The molecule has 0 aliphatic heterocycles. The van der Waals surface area contributed by atoms with Crippen LogP contribution in [0.5, 0.6) is 5.75 Å². The Balaban J connectivity index is 2.24. The van der Waals surface area contributed by atoms with Crippen molar-refractivity contribution in [2.45, 2.75) is 52.5 Å². The maximum Gasteiger partial charge on any atom is 0.242 e. The van der Waals surface area contributed by atoms with Gasteiger partial charge in [-0.1, -0.05) is 6.07 Å². The monoisotopic (exact) mass is 447 g/mol. The van der Waals surface area contributed by atoms with Crippen molar-refractivity contribution in [1.29, 1.82) is 0 Å². The highest BCUT2D eigenvalue weighted by Gasteiger charge is 2.26. The van der Waals surface area contributed by atoms with Crippen molar-refractivity contribution in [3.63, 3.8) is 0 Å². The number of benzene rings is 2. The van der Waals surface area contributed by atoms with Gasteiger partial charge in [0.05, 0.1) is 23.7 Å². The largest absolute Gasteiger partial charge is 0.495 e. The SMILES string of the molecule is COc1ccc(NC(=O)[C@H](C)NS(=O)(=O)c2c(C)c(C)cc(C)c2C)cc1NC(C)=O. The number of carbonyl (C=O) groups is 2. The first kappa shape index (κ1) is 24.4. The molecule has 8 nitrogen and oxygen atoms in total. The van der Waals surface area contributed by atoms with Crippen molar-refractivity contribution >= 4 is 33.2 Å². The summed E-state index contributed by atoms with van der Waals surface area (Å²) < 4.78 is 33.8. The fourth-order valence-corrected chi connectivity index (χ4v) is 5.07. The lowest BCUT2D eigenvalue weighted by atomic mass is 10.0. The van der Waals surface area contributed by atoms with Gasteiger partial charge in [0.2, 0.25) is 21.8 Å². The first-order valence-electron chi connectivity index (χ1n) is 9.73. The molecule has 1 atom stereocenters. The third-order valence-corrected chi connectivity index (χ3v) is 6.88. The molecule has 0 aliphatic rings. The first-order valence-corrected chi connectivity index (χ1v) is 11.2. The third-order valence-electron chi connectivity index (χ3n) is 5.07. The van der Waals surface area contributed by atoms with Crippen LogP contribution in [-0.2, 0) is 19.6 Å². The van der Waals surface area contributed by atoms with Crippen molar-refractivity contribution in [3.05, 3.63) is 46.5 Å². The third kappa shape index (κ3) is 5.62. The van der Waals surface area contributed by atoms with E-state index in [0.29, 0.717) is 28.3 Å². The molecule has 0 saturated carbocycles. The predicted octanol–water partition coefficient (Wildman–Crippen LogP) is 3.19. The molecule has 0 radical (unpaired) electrons. The van der Waals surface area contributed by atoms with E-state index >= 15 is 0 Å². The Kier molecular flexibility index (Phi) is 7.45. The molecule has 2 aromatic rings. The zero-order valence-electron chi connectivity index (χ0n) is 18.8. The minimum absolute atomic E-state index is 0.196. The molecule has 3 N–H and O–H groups in total. The summed E-state index contributed by atoms with van der Waals surface area (Å²) in [6, 6.07) is 5.64. The number of sulfonamides is 1. The van der Waals surface area contributed by atoms with Gasteiger partial charge in [0.25, 0.3) is 0 Å². The molecular weight excluding hydrogens is 418 g/mol. The van der Waals surface area contributed by atoms with E-state index in [1.54, 1.807) is 26.0 Å². The molecule has 2 amide bonds. The van der Waals surface area contributed by atoms with Crippen LogP contribution in [0.15, 0.2) is 29.2 Å². The molecular formula is C22H29N3O5S. The molecule has 0 bridgehead atoms. The van der Waals surface area contributed by atoms with Crippen LogP contribution in [0, 0.1) is 27.7 Å². The second kappa shape index (κ2) is 9.49. The van der Waals surface area contributed by atoms with Crippen molar-refractivity contribution in [2.24, 2.45) is 0 Å². The van der Waals surface area contributed by atoms with Gasteiger partial charge < -0.3 is 15.4 Å². The lowest BCUT2D eigenvalue weighted by Gasteiger charge is -2.19. The Morgan fingerprint density at radius 3 is 2.06 bits per heavy atom. The molecule has 0 fully saturated rings. The fourth-order valence-electron chi connectivity index (χ4n) is 3.25. The zero-order chi connectivity index (χ0) is 23.5. The van der Waals surface area contributed by atoms with Crippen LogP contribution in [-0.4, -0.2) is 33.4 Å². The van der Waals surface area contributed by atoms with Crippen LogP contribution in [0.1, 0.15) is 36.1 Å². The van der Waals surface area contributed by atoms with E-state index in [0.717, 1.165) is 11.1 Å². The summed E-state index contributed by atoms with van der Waals surface area (Å²) >= 11 is 0. The predicted molar refractivity (Wildman–Crippen MR) is 121 cm³/mol. The number of rotatable bonds is 7. The summed E-state index contributed by atoms with van der Waals surface area (Å²) in [5.41, 5.74) is 3.81. The highest BCUT2D eigenvalue weighted by molar-refractivity contribution is 7.89. The molecule has 0 saturated heterocycles. The lowest BCUT2D eigenvalue weighted by molar-refractivity contribution is -0.117. The molecule has 0 aromatic heterocycles. The van der Waals surface area contributed by atoms with E-state index < -0.39 is 22.0 Å². The van der Waals surface area contributed by atoms with E-state index in [4.69, 9.17) is 4.74 Å². The van der Waals surface area contributed by atoms with Gasteiger partial charge in [0, 0.05) is 12.6 Å². The number of amides is 2. The number of hydrogen-bond donors (Lipinski definition) is 3. The Bertz CT molecular complexity index is 1100. The average molecular weight is 448 g/mol. The smallest absolute Gasteiger partial charge is 0.242 e. The van der Waals surface area contributed by atoms with E-state index in [1.165, 1.54) is 27.0 Å². The van der Waals surface area contributed by atoms with Crippen molar-refractivity contribution in [3.8, 4) is 5.75 Å². The summed E-state index contributed by atoms with van der Waals surface area (Å²) in [4.78, 5) is 24.2.